The fourth-order valence-corrected chi connectivity index (χ4v) is 5.74. The van der Waals surface area contributed by atoms with Gasteiger partial charge in [0.1, 0.15) is 17.0 Å². The van der Waals surface area contributed by atoms with E-state index in [2.05, 4.69) is 15.2 Å². The zero-order chi connectivity index (χ0) is 31.2. The van der Waals surface area contributed by atoms with Crippen LogP contribution in [0.25, 0.3) is 11.4 Å². The third kappa shape index (κ3) is 6.51. The average molecular weight is 610 g/mol. The summed E-state index contributed by atoms with van der Waals surface area (Å²) in [5.74, 6) is -3.58. The van der Waals surface area contributed by atoms with Crippen LogP contribution in [-0.2, 0) is 20.5 Å². The van der Waals surface area contributed by atoms with Crippen molar-refractivity contribution in [3.63, 3.8) is 0 Å². The Morgan fingerprint density at radius 1 is 1.07 bits per heavy atom. The smallest absolute Gasteiger partial charge is 0.460 e. The van der Waals surface area contributed by atoms with E-state index in [0.29, 0.717) is 19.3 Å². The lowest BCUT2D eigenvalue weighted by Gasteiger charge is -2.43. The van der Waals surface area contributed by atoms with Crippen molar-refractivity contribution in [3.8, 4) is 11.4 Å². The molecule has 2 aliphatic rings. The summed E-state index contributed by atoms with van der Waals surface area (Å²) in [5.41, 5.74) is 1.24. The number of carbonyl (C=O) groups excluding carboxylic acids is 1. The van der Waals surface area contributed by atoms with Gasteiger partial charge in [0.2, 0.25) is 5.82 Å². The molecular formula is C30H29F6N3O4. The second kappa shape index (κ2) is 10.9. The van der Waals surface area contributed by atoms with E-state index < -0.39 is 53.1 Å². The minimum atomic E-state index is -5.08. The maximum absolute atomic E-state index is 13.6. The van der Waals surface area contributed by atoms with Crippen molar-refractivity contribution < 1.29 is 45.4 Å². The highest BCUT2D eigenvalue weighted by atomic mass is 19.4. The van der Waals surface area contributed by atoms with Gasteiger partial charge in [-0.25, -0.2) is 4.98 Å². The van der Waals surface area contributed by atoms with E-state index in [4.69, 9.17) is 9.57 Å². The van der Waals surface area contributed by atoms with E-state index in [0.717, 1.165) is 40.7 Å². The minimum Gasteiger partial charge on any atom is -0.460 e. The van der Waals surface area contributed by atoms with Crippen molar-refractivity contribution in [2.24, 2.45) is 5.92 Å². The van der Waals surface area contributed by atoms with Gasteiger partial charge >= 0.3 is 18.5 Å². The molecule has 5 rings (SSSR count). The molecule has 1 aliphatic heterocycles. The van der Waals surface area contributed by atoms with Gasteiger partial charge in [-0.2, -0.15) is 13.2 Å². The second-order valence-electron chi connectivity index (χ2n) is 11.5. The van der Waals surface area contributed by atoms with Crippen LogP contribution in [0.2, 0.25) is 0 Å². The van der Waals surface area contributed by atoms with Crippen LogP contribution in [0.3, 0.4) is 0 Å². The third-order valence-corrected chi connectivity index (χ3v) is 7.27. The molecule has 3 aromatic rings. The Balaban J connectivity index is 1.62. The number of ether oxygens (including phenoxy) is 2. The Morgan fingerprint density at radius 2 is 1.79 bits per heavy atom. The Labute approximate surface area is 243 Å². The van der Waals surface area contributed by atoms with Gasteiger partial charge in [-0.1, -0.05) is 30.3 Å². The second-order valence-corrected chi connectivity index (χ2v) is 11.5. The van der Waals surface area contributed by atoms with E-state index in [1.165, 1.54) is 0 Å². The molecule has 0 bridgehead atoms. The highest BCUT2D eigenvalue weighted by molar-refractivity contribution is 5.77. The molecule has 0 amide bonds. The lowest BCUT2D eigenvalue weighted by Crippen LogP contribution is -2.47. The highest BCUT2D eigenvalue weighted by Crippen LogP contribution is 2.51. The monoisotopic (exact) mass is 609 g/mol. The molecule has 7 nitrogen and oxygen atoms in total. The number of nitrogens with one attached hydrogen (secondary N) is 1. The van der Waals surface area contributed by atoms with Crippen molar-refractivity contribution in [1.29, 1.82) is 0 Å². The molecule has 43 heavy (non-hydrogen) atoms. The molecule has 1 unspecified atom stereocenters. The van der Waals surface area contributed by atoms with Gasteiger partial charge in [0.25, 0.3) is 0 Å². The van der Waals surface area contributed by atoms with Crippen LogP contribution in [0.15, 0.2) is 67.0 Å². The summed E-state index contributed by atoms with van der Waals surface area (Å²) in [7, 11) is 0. The maximum Gasteiger partial charge on any atom is 0.573 e. The Bertz CT molecular complexity index is 1510. The Hall–Kier alpha value is -4.00. The molecular weight excluding hydrogens is 580 g/mol. The van der Waals surface area contributed by atoms with Gasteiger partial charge in [0, 0.05) is 29.6 Å². The summed E-state index contributed by atoms with van der Waals surface area (Å²) in [4.78, 5) is 22.9. The number of aromatic nitrogens is 2. The standard InChI is InChI=1S/C30H29F6N3O4/c1-27(2,3)42-25(40)20-10-7-13-28(24(20)18-8-5-4-6-9-18)17-22(38-43-28)21-16-19(11-12-23(21)41-30(34,35)36)39-15-14-37-26(39)29(31,32)33/h4-6,8-9,11-12,14-17,20,24,38H,7,10,13H2,1-3H3/t20?,24-,28+/m1/s1. The molecule has 230 valence electrons. The van der Waals surface area contributed by atoms with Crippen LogP contribution >= 0.6 is 0 Å². The zero-order valence-corrected chi connectivity index (χ0v) is 23.4. The van der Waals surface area contributed by atoms with E-state index in [-0.39, 0.29) is 16.9 Å². The van der Waals surface area contributed by atoms with Crippen LogP contribution in [0.4, 0.5) is 26.3 Å². The molecule has 2 heterocycles. The SMILES string of the molecule is CC(C)(C)OC(=O)C1CCC[C@]2(C=C(c3cc(-n4ccnc4C(F)(F)F)ccc3OC(F)(F)F)NO2)[C@@H]1c1ccccc1. The number of carbonyl (C=O) groups is 1. The predicted octanol–water partition coefficient (Wildman–Crippen LogP) is 7.33. The fraction of sp³-hybridized carbons (Fsp3) is 0.400. The Kier molecular flexibility index (Phi) is 7.74. The summed E-state index contributed by atoms with van der Waals surface area (Å²) in [6.45, 7) is 5.27. The lowest BCUT2D eigenvalue weighted by molar-refractivity contribution is -0.274. The average Bonchev–Trinajstić information content (AvgIpc) is 3.56. The molecule has 2 aromatic carbocycles. The molecule has 1 aliphatic carbocycles. The lowest BCUT2D eigenvalue weighted by atomic mass is 9.65. The largest absolute Gasteiger partial charge is 0.573 e. The van der Waals surface area contributed by atoms with E-state index in [1.807, 2.05) is 18.2 Å². The van der Waals surface area contributed by atoms with Crippen LogP contribution in [0, 0.1) is 5.92 Å². The molecule has 1 saturated carbocycles. The van der Waals surface area contributed by atoms with Gasteiger partial charge in [0.05, 0.1) is 11.6 Å². The zero-order valence-electron chi connectivity index (χ0n) is 23.4. The van der Waals surface area contributed by atoms with E-state index >= 15 is 0 Å². The quantitative estimate of drug-likeness (QED) is 0.241. The number of benzene rings is 2. The first-order valence-corrected chi connectivity index (χ1v) is 13.5. The number of alkyl halides is 6. The van der Waals surface area contributed by atoms with Gasteiger partial charge in [-0.3, -0.25) is 19.7 Å². The van der Waals surface area contributed by atoms with Crippen LogP contribution < -0.4 is 10.2 Å². The molecule has 3 atom stereocenters. The van der Waals surface area contributed by atoms with Crippen molar-refractivity contribution >= 4 is 11.7 Å². The van der Waals surface area contributed by atoms with Gasteiger partial charge in [-0.15, -0.1) is 13.2 Å². The van der Waals surface area contributed by atoms with Crippen molar-refractivity contribution in [1.82, 2.24) is 15.0 Å². The number of nitrogens with zero attached hydrogens (tertiary/aromatic N) is 2. The number of rotatable bonds is 5. The molecule has 1 aromatic heterocycles. The molecule has 0 saturated heterocycles. The first-order chi connectivity index (χ1) is 20.1. The number of hydroxylamine groups is 1. The highest BCUT2D eigenvalue weighted by Gasteiger charge is 2.53. The number of esters is 1. The number of imidazole rings is 1. The summed E-state index contributed by atoms with van der Waals surface area (Å²) in [6.07, 6.45) is -4.89. The summed E-state index contributed by atoms with van der Waals surface area (Å²) < 4.78 is 91.7. The minimum absolute atomic E-state index is 0.0422. The third-order valence-electron chi connectivity index (χ3n) is 7.27. The van der Waals surface area contributed by atoms with Crippen LogP contribution in [0.5, 0.6) is 5.75 Å². The number of hydrogen-bond acceptors (Lipinski definition) is 6. The molecule has 1 N–H and O–H groups in total. The van der Waals surface area contributed by atoms with Gasteiger partial charge < -0.3 is 9.47 Å². The van der Waals surface area contributed by atoms with Crippen molar-refractivity contribution in [2.75, 3.05) is 0 Å². The fourth-order valence-electron chi connectivity index (χ4n) is 5.74. The topological polar surface area (TPSA) is 74.6 Å². The van der Waals surface area contributed by atoms with Crippen molar-refractivity contribution in [3.05, 3.63) is 84.0 Å². The van der Waals surface area contributed by atoms with Gasteiger partial charge in [0.15, 0.2) is 0 Å². The van der Waals surface area contributed by atoms with Crippen LogP contribution in [-0.4, -0.2) is 33.1 Å². The first kappa shape index (κ1) is 30.5. The normalized spacial score (nSPS) is 22.7. The van der Waals surface area contributed by atoms with Crippen LogP contribution in [0.1, 0.15) is 62.9 Å². The van der Waals surface area contributed by atoms with Crippen molar-refractivity contribution in [2.45, 2.75) is 69.7 Å². The molecule has 1 fully saturated rings. The summed E-state index contributed by atoms with van der Waals surface area (Å²) in [5, 5.41) is 0. The Morgan fingerprint density at radius 3 is 2.44 bits per heavy atom. The molecule has 13 heteroatoms. The predicted molar refractivity (Wildman–Crippen MR) is 143 cm³/mol. The first-order valence-electron chi connectivity index (χ1n) is 13.5. The number of hydrogen-bond donors (Lipinski definition) is 1. The molecule has 0 radical (unpaired) electrons. The van der Waals surface area contributed by atoms with Gasteiger partial charge in [-0.05, 0) is 69.9 Å². The molecule has 1 spiro atoms. The van der Waals surface area contributed by atoms with E-state index in [9.17, 15) is 31.1 Å². The number of halogens is 6. The maximum atomic E-state index is 13.6. The summed E-state index contributed by atoms with van der Waals surface area (Å²) >= 11 is 0. The van der Waals surface area contributed by atoms with E-state index in [1.54, 1.807) is 39.0 Å². The summed E-state index contributed by atoms with van der Waals surface area (Å²) in [6, 6.07) is 12.2.